The molecule has 1 rings (SSSR count). The van der Waals surface area contributed by atoms with E-state index < -0.39 is 12.1 Å². The number of hydrogen-bond donors (Lipinski definition) is 3. The van der Waals surface area contributed by atoms with Crippen LogP contribution < -0.4 is 5.32 Å². The second kappa shape index (κ2) is 6.36. The van der Waals surface area contributed by atoms with Gasteiger partial charge in [0.25, 0.3) is 0 Å². The number of aryl methyl sites for hydroxylation is 2. The largest absolute Gasteiger partial charge is 0.481 e. The molecular formula is C11H19N3O3. The van der Waals surface area contributed by atoms with Crippen molar-refractivity contribution in [2.24, 2.45) is 7.05 Å². The number of aliphatic hydroxyl groups excluding tert-OH is 1. The normalized spacial score (nSPS) is 12.6. The van der Waals surface area contributed by atoms with Crippen LogP contribution in [0.3, 0.4) is 0 Å². The maximum Gasteiger partial charge on any atom is 0.306 e. The Balaban J connectivity index is 2.37. The lowest BCUT2D eigenvalue weighted by Gasteiger charge is -2.09. The van der Waals surface area contributed by atoms with Gasteiger partial charge in [-0.3, -0.25) is 9.48 Å². The molecule has 0 amide bonds. The number of nitrogens with zero attached hydrogens (tertiary/aromatic N) is 2. The Morgan fingerprint density at radius 2 is 2.35 bits per heavy atom. The Morgan fingerprint density at radius 3 is 2.94 bits per heavy atom. The number of carboxylic acid groups (broad SMARTS) is 1. The summed E-state index contributed by atoms with van der Waals surface area (Å²) in [5.41, 5.74) is 2.10. The summed E-state index contributed by atoms with van der Waals surface area (Å²) >= 11 is 0. The maximum atomic E-state index is 10.3. The van der Waals surface area contributed by atoms with Crippen LogP contribution in [0.2, 0.25) is 0 Å². The summed E-state index contributed by atoms with van der Waals surface area (Å²) in [6.45, 7) is 2.89. The van der Waals surface area contributed by atoms with Crippen molar-refractivity contribution in [3.8, 4) is 0 Å². The molecule has 0 aliphatic heterocycles. The average molecular weight is 241 g/mol. The minimum Gasteiger partial charge on any atom is -0.481 e. The fraction of sp³-hybridized carbons (Fsp3) is 0.636. The average Bonchev–Trinajstić information content (AvgIpc) is 2.57. The van der Waals surface area contributed by atoms with E-state index in [1.54, 1.807) is 4.68 Å². The third-order valence-electron chi connectivity index (χ3n) is 2.43. The number of nitrogens with one attached hydrogen (secondary N) is 1. The van der Waals surface area contributed by atoms with E-state index in [1.165, 1.54) is 0 Å². The quantitative estimate of drug-likeness (QED) is 0.621. The zero-order chi connectivity index (χ0) is 12.8. The monoisotopic (exact) mass is 241 g/mol. The molecule has 1 atom stereocenters. The van der Waals surface area contributed by atoms with E-state index in [0.29, 0.717) is 6.54 Å². The lowest BCUT2D eigenvalue weighted by Crippen LogP contribution is -2.28. The van der Waals surface area contributed by atoms with Gasteiger partial charge in [0.2, 0.25) is 0 Å². The fourth-order valence-electron chi connectivity index (χ4n) is 1.68. The maximum absolute atomic E-state index is 10.3. The van der Waals surface area contributed by atoms with E-state index in [-0.39, 0.29) is 13.0 Å². The molecule has 6 heteroatoms. The highest BCUT2D eigenvalue weighted by atomic mass is 16.4. The number of aliphatic carboxylic acids is 1. The first kappa shape index (κ1) is 13.7. The van der Waals surface area contributed by atoms with Crippen molar-refractivity contribution in [3.63, 3.8) is 0 Å². The molecule has 96 valence electrons. The number of aromatic nitrogens is 2. The number of carboxylic acids is 1. The van der Waals surface area contributed by atoms with E-state index in [0.717, 1.165) is 17.7 Å². The molecule has 0 aliphatic carbocycles. The standard InChI is InChI=1S/C11H19N3O3/c1-3-10-8(7-14(2)13-10)5-12-6-9(15)4-11(16)17/h7,9,12,15H,3-6H2,1-2H3,(H,16,17). The lowest BCUT2D eigenvalue weighted by atomic mass is 10.2. The molecule has 0 saturated heterocycles. The Hall–Kier alpha value is -1.40. The summed E-state index contributed by atoms with van der Waals surface area (Å²) in [6.07, 6.45) is 1.69. The molecule has 6 nitrogen and oxygen atoms in total. The predicted octanol–water partition coefficient (Wildman–Crippen LogP) is -0.0923. The van der Waals surface area contributed by atoms with Crippen molar-refractivity contribution >= 4 is 5.97 Å². The van der Waals surface area contributed by atoms with Gasteiger partial charge in [-0.1, -0.05) is 6.92 Å². The van der Waals surface area contributed by atoms with Crippen LogP contribution in [-0.4, -0.2) is 38.6 Å². The van der Waals surface area contributed by atoms with Gasteiger partial charge in [0.15, 0.2) is 0 Å². The van der Waals surface area contributed by atoms with Crippen molar-refractivity contribution in [3.05, 3.63) is 17.5 Å². The summed E-state index contributed by atoms with van der Waals surface area (Å²) < 4.78 is 1.75. The van der Waals surface area contributed by atoms with Gasteiger partial charge in [0, 0.05) is 31.9 Å². The first-order valence-corrected chi connectivity index (χ1v) is 5.64. The molecule has 0 radical (unpaired) electrons. The first-order chi connectivity index (χ1) is 8.02. The van der Waals surface area contributed by atoms with Crippen LogP contribution in [0.15, 0.2) is 6.20 Å². The number of rotatable bonds is 7. The molecular weight excluding hydrogens is 222 g/mol. The Bertz CT molecular complexity index is 376. The number of hydrogen-bond acceptors (Lipinski definition) is 4. The van der Waals surface area contributed by atoms with Crippen LogP contribution in [0.5, 0.6) is 0 Å². The van der Waals surface area contributed by atoms with Crippen molar-refractivity contribution in [1.29, 1.82) is 0 Å². The van der Waals surface area contributed by atoms with Crippen LogP contribution in [0.4, 0.5) is 0 Å². The van der Waals surface area contributed by atoms with Gasteiger partial charge in [-0.15, -0.1) is 0 Å². The Kier molecular flexibility index (Phi) is 5.11. The molecule has 17 heavy (non-hydrogen) atoms. The van der Waals surface area contributed by atoms with Gasteiger partial charge in [-0.2, -0.15) is 5.10 Å². The molecule has 1 aromatic rings. The molecule has 0 saturated carbocycles. The molecule has 1 heterocycles. The molecule has 0 spiro atoms. The van der Waals surface area contributed by atoms with E-state index in [2.05, 4.69) is 10.4 Å². The van der Waals surface area contributed by atoms with Crippen LogP contribution in [0.25, 0.3) is 0 Å². The second-order valence-corrected chi connectivity index (χ2v) is 4.01. The fourth-order valence-corrected chi connectivity index (χ4v) is 1.68. The molecule has 0 aromatic carbocycles. The van der Waals surface area contributed by atoms with Gasteiger partial charge in [0.05, 0.1) is 18.2 Å². The van der Waals surface area contributed by atoms with Crippen molar-refractivity contribution in [2.45, 2.75) is 32.4 Å². The van der Waals surface area contributed by atoms with Crippen LogP contribution in [0, 0.1) is 0 Å². The van der Waals surface area contributed by atoms with Gasteiger partial charge in [-0.25, -0.2) is 0 Å². The molecule has 0 aliphatic rings. The van der Waals surface area contributed by atoms with E-state index in [9.17, 15) is 9.90 Å². The summed E-state index contributed by atoms with van der Waals surface area (Å²) in [6, 6.07) is 0. The third-order valence-corrected chi connectivity index (χ3v) is 2.43. The zero-order valence-electron chi connectivity index (χ0n) is 10.2. The molecule has 1 aromatic heterocycles. The van der Waals surface area contributed by atoms with Crippen LogP contribution in [0.1, 0.15) is 24.6 Å². The predicted molar refractivity (Wildman–Crippen MR) is 62.6 cm³/mol. The van der Waals surface area contributed by atoms with E-state index >= 15 is 0 Å². The van der Waals surface area contributed by atoms with Crippen molar-refractivity contribution in [1.82, 2.24) is 15.1 Å². The number of carbonyl (C=O) groups is 1. The van der Waals surface area contributed by atoms with Gasteiger partial charge in [-0.05, 0) is 6.42 Å². The Labute approximate surface area is 100 Å². The van der Waals surface area contributed by atoms with Crippen molar-refractivity contribution < 1.29 is 15.0 Å². The summed E-state index contributed by atoms with van der Waals surface area (Å²) in [7, 11) is 1.86. The zero-order valence-corrected chi connectivity index (χ0v) is 10.2. The SMILES string of the molecule is CCc1nn(C)cc1CNCC(O)CC(=O)O. The highest BCUT2D eigenvalue weighted by Crippen LogP contribution is 2.06. The van der Waals surface area contributed by atoms with E-state index in [1.807, 2.05) is 20.2 Å². The van der Waals surface area contributed by atoms with Gasteiger partial charge >= 0.3 is 5.97 Å². The minimum absolute atomic E-state index is 0.235. The third kappa shape index (κ3) is 4.54. The summed E-state index contributed by atoms with van der Waals surface area (Å²) in [5, 5.41) is 25.2. The molecule has 1 unspecified atom stereocenters. The van der Waals surface area contributed by atoms with Gasteiger partial charge < -0.3 is 15.5 Å². The van der Waals surface area contributed by atoms with E-state index in [4.69, 9.17) is 5.11 Å². The highest BCUT2D eigenvalue weighted by Gasteiger charge is 2.10. The Morgan fingerprint density at radius 1 is 1.65 bits per heavy atom. The minimum atomic E-state index is -0.991. The molecule has 3 N–H and O–H groups in total. The van der Waals surface area contributed by atoms with Crippen molar-refractivity contribution in [2.75, 3.05) is 6.54 Å². The first-order valence-electron chi connectivity index (χ1n) is 5.64. The summed E-state index contributed by atoms with van der Waals surface area (Å²) in [4.78, 5) is 10.3. The van der Waals surface area contributed by atoms with Gasteiger partial charge in [0.1, 0.15) is 0 Å². The molecule has 0 fully saturated rings. The second-order valence-electron chi connectivity index (χ2n) is 4.01. The lowest BCUT2D eigenvalue weighted by molar-refractivity contribution is -0.139. The molecule has 0 bridgehead atoms. The highest BCUT2D eigenvalue weighted by molar-refractivity contribution is 5.67. The van der Waals surface area contributed by atoms with Crippen LogP contribution in [-0.2, 0) is 24.8 Å². The smallest absolute Gasteiger partial charge is 0.306 e. The summed E-state index contributed by atoms with van der Waals surface area (Å²) in [5.74, 6) is -0.991. The van der Waals surface area contributed by atoms with Crippen LogP contribution >= 0.6 is 0 Å². The topological polar surface area (TPSA) is 87.4 Å². The number of aliphatic hydroxyl groups is 1.